The third kappa shape index (κ3) is 2.94. The molecule has 1 N–H and O–H groups in total. The van der Waals surface area contributed by atoms with Gasteiger partial charge in [-0.2, -0.15) is 0 Å². The predicted octanol–water partition coefficient (Wildman–Crippen LogP) is 6.35. The molecule has 0 aliphatic rings. The number of benzene rings is 4. The third-order valence-corrected chi connectivity index (χ3v) is 6.00. The van der Waals surface area contributed by atoms with E-state index in [4.69, 9.17) is 0 Å². The van der Waals surface area contributed by atoms with Gasteiger partial charge in [0.05, 0.1) is 0 Å². The fourth-order valence-electron chi connectivity index (χ4n) is 4.54. The SMILES string of the molecule is O=c1[nH]c(-c2ccccc2)cc2c3ccccc3n(Cc3ccc4ccccc4c3)c12. The number of aromatic nitrogens is 2. The maximum Gasteiger partial charge on any atom is 0.272 e. The summed E-state index contributed by atoms with van der Waals surface area (Å²) in [6.45, 7) is 0.641. The van der Waals surface area contributed by atoms with Crippen LogP contribution in [0.1, 0.15) is 5.56 Å². The second-order valence-corrected chi connectivity index (χ2v) is 7.93. The van der Waals surface area contributed by atoms with E-state index < -0.39 is 0 Å². The lowest BCUT2D eigenvalue weighted by Gasteiger charge is -2.09. The monoisotopic (exact) mass is 400 g/mol. The normalized spacial score (nSPS) is 11.5. The Balaban J connectivity index is 1.58. The smallest absolute Gasteiger partial charge is 0.272 e. The van der Waals surface area contributed by atoms with E-state index in [2.05, 4.69) is 70.2 Å². The highest BCUT2D eigenvalue weighted by atomic mass is 16.1. The number of fused-ring (bicyclic) bond motifs is 4. The van der Waals surface area contributed by atoms with Gasteiger partial charge in [0, 0.05) is 28.5 Å². The lowest BCUT2D eigenvalue weighted by molar-refractivity contribution is 0.864. The van der Waals surface area contributed by atoms with Crippen LogP contribution in [0.5, 0.6) is 0 Å². The summed E-state index contributed by atoms with van der Waals surface area (Å²) >= 11 is 0. The average Bonchev–Trinajstić information content (AvgIpc) is 3.14. The zero-order chi connectivity index (χ0) is 20.8. The quantitative estimate of drug-likeness (QED) is 0.369. The first-order chi connectivity index (χ1) is 15.3. The summed E-state index contributed by atoms with van der Waals surface area (Å²) in [5, 5.41) is 4.51. The number of hydrogen-bond acceptors (Lipinski definition) is 1. The number of hydrogen-bond donors (Lipinski definition) is 1. The first kappa shape index (κ1) is 17.7. The largest absolute Gasteiger partial charge is 0.331 e. The number of H-pyrrole nitrogens is 1. The highest BCUT2D eigenvalue weighted by molar-refractivity contribution is 6.08. The Morgan fingerprint density at radius 3 is 2.29 bits per heavy atom. The predicted molar refractivity (Wildman–Crippen MR) is 129 cm³/mol. The maximum absolute atomic E-state index is 13.3. The van der Waals surface area contributed by atoms with E-state index in [-0.39, 0.29) is 5.56 Å². The van der Waals surface area contributed by atoms with Crippen LogP contribution in [0.4, 0.5) is 0 Å². The fourth-order valence-corrected chi connectivity index (χ4v) is 4.54. The number of aromatic amines is 1. The van der Waals surface area contributed by atoms with E-state index in [1.165, 1.54) is 16.3 Å². The summed E-state index contributed by atoms with van der Waals surface area (Å²) in [6, 6.07) is 35.2. The first-order valence-corrected chi connectivity index (χ1v) is 10.5. The van der Waals surface area contributed by atoms with Crippen LogP contribution in [0.2, 0.25) is 0 Å². The van der Waals surface area contributed by atoms with Gasteiger partial charge in [-0.25, -0.2) is 0 Å². The number of nitrogens with one attached hydrogen (secondary N) is 1. The molecule has 6 rings (SSSR count). The van der Waals surface area contributed by atoms with Crippen LogP contribution in [0.3, 0.4) is 0 Å². The topological polar surface area (TPSA) is 37.8 Å². The standard InChI is InChI=1S/C28H20N2O/c31-28-27-24(17-25(29-28)21-9-2-1-3-10-21)23-12-6-7-13-26(23)30(27)18-19-14-15-20-8-4-5-11-22(20)16-19/h1-17H,18H2,(H,29,31). The Hall–Kier alpha value is -4.11. The van der Waals surface area contributed by atoms with Gasteiger partial charge in [-0.05, 0) is 40.1 Å². The molecule has 0 amide bonds. The van der Waals surface area contributed by atoms with Crippen molar-refractivity contribution in [3.63, 3.8) is 0 Å². The van der Waals surface area contributed by atoms with Crippen molar-refractivity contribution in [1.29, 1.82) is 0 Å². The minimum atomic E-state index is -0.0617. The van der Waals surface area contributed by atoms with Crippen molar-refractivity contribution in [2.45, 2.75) is 6.54 Å². The van der Waals surface area contributed by atoms with E-state index in [0.717, 1.165) is 27.5 Å². The van der Waals surface area contributed by atoms with E-state index in [0.29, 0.717) is 12.1 Å². The highest BCUT2D eigenvalue weighted by Gasteiger charge is 2.15. The molecule has 0 atom stereocenters. The van der Waals surface area contributed by atoms with Crippen LogP contribution in [0, 0.1) is 0 Å². The molecular weight excluding hydrogens is 380 g/mol. The molecule has 2 heterocycles. The molecule has 3 nitrogen and oxygen atoms in total. The van der Waals surface area contributed by atoms with E-state index >= 15 is 0 Å². The number of para-hydroxylation sites is 1. The van der Waals surface area contributed by atoms with E-state index in [9.17, 15) is 4.79 Å². The molecule has 6 aromatic rings. The molecule has 3 heteroatoms. The van der Waals surface area contributed by atoms with Crippen molar-refractivity contribution in [2.24, 2.45) is 0 Å². The first-order valence-electron chi connectivity index (χ1n) is 10.5. The van der Waals surface area contributed by atoms with E-state index in [1.807, 2.05) is 42.5 Å². The van der Waals surface area contributed by atoms with Gasteiger partial charge in [0.1, 0.15) is 5.52 Å². The molecule has 4 aromatic carbocycles. The Morgan fingerprint density at radius 1 is 0.677 bits per heavy atom. The van der Waals surface area contributed by atoms with Gasteiger partial charge in [-0.3, -0.25) is 4.79 Å². The van der Waals surface area contributed by atoms with Crippen molar-refractivity contribution in [1.82, 2.24) is 9.55 Å². The molecule has 0 saturated heterocycles. The minimum absolute atomic E-state index is 0.0617. The zero-order valence-corrected chi connectivity index (χ0v) is 16.9. The fraction of sp³-hybridized carbons (Fsp3) is 0.0357. The zero-order valence-electron chi connectivity index (χ0n) is 16.9. The maximum atomic E-state index is 13.3. The average molecular weight is 400 g/mol. The van der Waals surface area contributed by atoms with Crippen molar-refractivity contribution in [3.8, 4) is 11.3 Å². The number of pyridine rings is 1. The summed E-state index contributed by atoms with van der Waals surface area (Å²) in [4.78, 5) is 16.4. The summed E-state index contributed by atoms with van der Waals surface area (Å²) in [5.41, 5.74) is 4.75. The summed E-state index contributed by atoms with van der Waals surface area (Å²) in [5.74, 6) is 0. The molecule has 0 aliphatic heterocycles. The number of nitrogens with zero attached hydrogens (tertiary/aromatic N) is 1. The van der Waals surface area contributed by atoms with Gasteiger partial charge in [0.2, 0.25) is 0 Å². The van der Waals surface area contributed by atoms with Gasteiger partial charge < -0.3 is 9.55 Å². The molecule has 31 heavy (non-hydrogen) atoms. The van der Waals surface area contributed by atoms with Crippen LogP contribution in [-0.4, -0.2) is 9.55 Å². The van der Waals surface area contributed by atoms with Crippen LogP contribution >= 0.6 is 0 Å². The highest BCUT2D eigenvalue weighted by Crippen LogP contribution is 2.30. The van der Waals surface area contributed by atoms with Crippen molar-refractivity contribution in [2.75, 3.05) is 0 Å². The van der Waals surface area contributed by atoms with Crippen LogP contribution in [0.15, 0.2) is 108 Å². The van der Waals surface area contributed by atoms with Gasteiger partial charge in [-0.1, -0.05) is 84.9 Å². The Labute approximate surface area is 179 Å². The second-order valence-electron chi connectivity index (χ2n) is 7.93. The van der Waals surface area contributed by atoms with Gasteiger partial charge >= 0.3 is 0 Å². The summed E-state index contributed by atoms with van der Waals surface area (Å²) in [6.07, 6.45) is 0. The Morgan fingerprint density at radius 2 is 1.42 bits per heavy atom. The van der Waals surface area contributed by atoms with Crippen LogP contribution in [0.25, 0.3) is 43.8 Å². The van der Waals surface area contributed by atoms with Gasteiger partial charge in [0.15, 0.2) is 0 Å². The lowest BCUT2D eigenvalue weighted by Crippen LogP contribution is -2.12. The third-order valence-electron chi connectivity index (χ3n) is 6.00. The molecule has 0 unspecified atom stereocenters. The van der Waals surface area contributed by atoms with Crippen LogP contribution in [-0.2, 0) is 6.54 Å². The second kappa shape index (κ2) is 6.99. The van der Waals surface area contributed by atoms with E-state index in [1.54, 1.807) is 0 Å². The Kier molecular flexibility index (Phi) is 4.00. The molecule has 148 valence electrons. The minimum Gasteiger partial charge on any atom is -0.331 e. The summed E-state index contributed by atoms with van der Waals surface area (Å²) in [7, 11) is 0. The molecule has 0 aliphatic carbocycles. The summed E-state index contributed by atoms with van der Waals surface area (Å²) < 4.78 is 2.14. The molecule has 0 radical (unpaired) electrons. The molecule has 0 spiro atoms. The van der Waals surface area contributed by atoms with Crippen molar-refractivity contribution in [3.05, 3.63) is 119 Å². The molecule has 0 fully saturated rings. The number of rotatable bonds is 3. The molecule has 0 saturated carbocycles. The Bertz CT molecular complexity index is 1620. The molecular formula is C28H20N2O. The van der Waals surface area contributed by atoms with Crippen molar-refractivity contribution < 1.29 is 0 Å². The van der Waals surface area contributed by atoms with Gasteiger partial charge in [0.25, 0.3) is 5.56 Å². The lowest BCUT2D eigenvalue weighted by atomic mass is 10.1. The van der Waals surface area contributed by atoms with Crippen molar-refractivity contribution >= 4 is 32.6 Å². The van der Waals surface area contributed by atoms with Gasteiger partial charge in [-0.15, -0.1) is 0 Å². The van der Waals surface area contributed by atoms with Crippen LogP contribution < -0.4 is 5.56 Å². The molecule has 2 aromatic heterocycles. The molecule has 0 bridgehead atoms.